The monoisotopic (exact) mass is 253 g/mol. The molecule has 0 saturated heterocycles. The molecule has 1 aromatic carbocycles. The first kappa shape index (κ1) is 13.8. The summed E-state index contributed by atoms with van der Waals surface area (Å²) in [6.45, 7) is 5.65. The average Bonchev–Trinajstić information content (AvgIpc) is 2.28. The summed E-state index contributed by atoms with van der Waals surface area (Å²) in [6, 6.07) is 7.76. The standard InChI is InChI=1S/C13H20ClN3/c1-10(2)8-16-13(15)17(3)9-11-6-4-5-7-12(11)14/h4-7,10H,8-9H2,1-3H3,(H2,15,16). The highest BCUT2D eigenvalue weighted by Gasteiger charge is 2.05. The van der Waals surface area contributed by atoms with E-state index in [0.29, 0.717) is 18.4 Å². The Kier molecular flexibility index (Phi) is 5.29. The third-order valence-corrected chi connectivity index (χ3v) is 2.74. The fourth-order valence-corrected chi connectivity index (χ4v) is 1.56. The normalized spacial score (nSPS) is 11.9. The molecule has 0 heterocycles. The summed E-state index contributed by atoms with van der Waals surface area (Å²) in [5.41, 5.74) is 6.95. The van der Waals surface area contributed by atoms with Gasteiger partial charge in [-0.25, -0.2) is 0 Å². The van der Waals surface area contributed by atoms with Crippen molar-refractivity contribution in [2.45, 2.75) is 20.4 Å². The fourth-order valence-electron chi connectivity index (χ4n) is 1.36. The van der Waals surface area contributed by atoms with Crippen LogP contribution in [0, 0.1) is 5.92 Å². The minimum Gasteiger partial charge on any atom is -0.370 e. The predicted octanol–water partition coefficient (Wildman–Crippen LogP) is 2.74. The van der Waals surface area contributed by atoms with Crippen molar-refractivity contribution in [3.63, 3.8) is 0 Å². The molecule has 0 amide bonds. The number of benzene rings is 1. The summed E-state index contributed by atoms with van der Waals surface area (Å²) in [7, 11) is 1.92. The Hall–Kier alpha value is -1.22. The number of guanidine groups is 1. The second-order valence-electron chi connectivity index (χ2n) is 4.54. The minimum atomic E-state index is 0.516. The predicted molar refractivity (Wildman–Crippen MR) is 74.2 cm³/mol. The number of hydrogen-bond acceptors (Lipinski definition) is 1. The van der Waals surface area contributed by atoms with Crippen molar-refractivity contribution >= 4 is 17.6 Å². The Balaban J connectivity index is 2.63. The molecule has 0 radical (unpaired) electrons. The Bertz CT molecular complexity index is 388. The molecule has 0 saturated carbocycles. The minimum absolute atomic E-state index is 0.516. The van der Waals surface area contributed by atoms with Gasteiger partial charge in [0.2, 0.25) is 0 Å². The summed E-state index contributed by atoms with van der Waals surface area (Å²) in [6.07, 6.45) is 0. The van der Waals surface area contributed by atoms with Gasteiger partial charge >= 0.3 is 0 Å². The molecular formula is C13H20ClN3. The average molecular weight is 254 g/mol. The topological polar surface area (TPSA) is 41.6 Å². The molecule has 2 N–H and O–H groups in total. The van der Waals surface area contributed by atoms with E-state index in [-0.39, 0.29) is 0 Å². The zero-order valence-corrected chi connectivity index (χ0v) is 11.4. The van der Waals surface area contributed by atoms with Gasteiger partial charge in [0.15, 0.2) is 5.96 Å². The summed E-state index contributed by atoms with van der Waals surface area (Å²) in [5.74, 6) is 1.07. The highest BCUT2D eigenvalue weighted by molar-refractivity contribution is 6.31. The molecule has 4 heteroatoms. The van der Waals surface area contributed by atoms with E-state index >= 15 is 0 Å². The Morgan fingerprint density at radius 3 is 2.65 bits per heavy atom. The number of aliphatic imine (C=N–C) groups is 1. The fraction of sp³-hybridized carbons (Fsp3) is 0.462. The lowest BCUT2D eigenvalue weighted by Gasteiger charge is -2.19. The molecule has 0 aliphatic heterocycles. The molecule has 0 aromatic heterocycles. The van der Waals surface area contributed by atoms with Crippen LogP contribution in [0.2, 0.25) is 5.02 Å². The lowest BCUT2D eigenvalue weighted by atomic mass is 10.2. The van der Waals surface area contributed by atoms with Crippen LogP contribution in [-0.4, -0.2) is 24.5 Å². The van der Waals surface area contributed by atoms with Crippen molar-refractivity contribution in [2.24, 2.45) is 16.6 Å². The largest absolute Gasteiger partial charge is 0.370 e. The number of hydrogen-bond donors (Lipinski definition) is 1. The zero-order valence-electron chi connectivity index (χ0n) is 10.7. The Morgan fingerprint density at radius 2 is 2.06 bits per heavy atom. The van der Waals surface area contributed by atoms with Gasteiger partial charge in [-0.05, 0) is 17.5 Å². The highest BCUT2D eigenvalue weighted by atomic mass is 35.5. The van der Waals surface area contributed by atoms with Gasteiger partial charge in [-0.3, -0.25) is 4.99 Å². The van der Waals surface area contributed by atoms with Gasteiger partial charge in [0.05, 0.1) is 0 Å². The Labute approximate surface area is 108 Å². The number of rotatable bonds is 4. The van der Waals surface area contributed by atoms with Crippen molar-refractivity contribution in [1.29, 1.82) is 0 Å². The molecule has 17 heavy (non-hydrogen) atoms. The molecule has 3 nitrogen and oxygen atoms in total. The second kappa shape index (κ2) is 6.50. The van der Waals surface area contributed by atoms with E-state index in [1.165, 1.54) is 0 Å². The van der Waals surface area contributed by atoms with E-state index in [9.17, 15) is 0 Å². The number of halogens is 1. The lowest BCUT2D eigenvalue weighted by molar-refractivity contribution is 0.489. The van der Waals surface area contributed by atoms with Gasteiger partial charge in [-0.2, -0.15) is 0 Å². The van der Waals surface area contributed by atoms with Crippen LogP contribution in [0.1, 0.15) is 19.4 Å². The molecule has 0 aliphatic rings. The van der Waals surface area contributed by atoms with Gasteiger partial charge in [0.1, 0.15) is 0 Å². The summed E-state index contributed by atoms with van der Waals surface area (Å²) < 4.78 is 0. The van der Waals surface area contributed by atoms with Gasteiger partial charge in [0.25, 0.3) is 0 Å². The van der Waals surface area contributed by atoms with Crippen LogP contribution in [0.5, 0.6) is 0 Å². The van der Waals surface area contributed by atoms with E-state index in [1.807, 2.05) is 36.2 Å². The number of nitrogens with zero attached hydrogens (tertiary/aromatic N) is 2. The maximum Gasteiger partial charge on any atom is 0.191 e. The van der Waals surface area contributed by atoms with Crippen molar-refractivity contribution < 1.29 is 0 Å². The molecule has 0 aliphatic carbocycles. The van der Waals surface area contributed by atoms with Crippen molar-refractivity contribution in [2.75, 3.05) is 13.6 Å². The van der Waals surface area contributed by atoms with Gasteiger partial charge in [0, 0.05) is 25.2 Å². The van der Waals surface area contributed by atoms with E-state index in [1.54, 1.807) is 0 Å². The SMILES string of the molecule is CC(C)CN=C(N)N(C)Cc1ccccc1Cl. The quantitative estimate of drug-likeness (QED) is 0.662. The summed E-state index contributed by atoms with van der Waals surface area (Å²) in [4.78, 5) is 6.23. The molecule has 0 fully saturated rings. The molecule has 0 unspecified atom stereocenters. The van der Waals surface area contributed by atoms with Crippen LogP contribution in [0.4, 0.5) is 0 Å². The van der Waals surface area contributed by atoms with Gasteiger partial charge in [-0.15, -0.1) is 0 Å². The van der Waals surface area contributed by atoms with Crippen LogP contribution < -0.4 is 5.73 Å². The van der Waals surface area contributed by atoms with E-state index < -0.39 is 0 Å². The third-order valence-electron chi connectivity index (χ3n) is 2.37. The molecular weight excluding hydrogens is 234 g/mol. The number of nitrogens with two attached hydrogens (primary N) is 1. The maximum atomic E-state index is 6.09. The molecule has 94 valence electrons. The van der Waals surface area contributed by atoms with Gasteiger partial charge < -0.3 is 10.6 Å². The van der Waals surface area contributed by atoms with Gasteiger partial charge in [-0.1, -0.05) is 43.6 Å². The van der Waals surface area contributed by atoms with E-state index in [0.717, 1.165) is 17.1 Å². The van der Waals surface area contributed by atoms with Crippen LogP contribution in [0.3, 0.4) is 0 Å². The molecule has 0 spiro atoms. The molecule has 1 rings (SSSR count). The second-order valence-corrected chi connectivity index (χ2v) is 4.95. The maximum absolute atomic E-state index is 6.09. The summed E-state index contributed by atoms with van der Waals surface area (Å²) in [5, 5.41) is 0.760. The van der Waals surface area contributed by atoms with Crippen LogP contribution in [0.25, 0.3) is 0 Å². The molecule has 1 aromatic rings. The van der Waals surface area contributed by atoms with Crippen LogP contribution in [-0.2, 0) is 6.54 Å². The summed E-state index contributed by atoms with van der Waals surface area (Å²) >= 11 is 6.09. The first-order valence-corrected chi connectivity index (χ1v) is 6.13. The zero-order chi connectivity index (χ0) is 12.8. The smallest absolute Gasteiger partial charge is 0.191 e. The van der Waals surface area contributed by atoms with Crippen LogP contribution in [0.15, 0.2) is 29.3 Å². The first-order chi connectivity index (χ1) is 8.00. The first-order valence-electron chi connectivity index (χ1n) is 5.75. The van der Waals surface area contributed by atoms with E-state index in [2.05, 4.69) is 18.8 Å². The highest BCUT2D eigenvalue weighted by Crippen LogP contribution is 2.16. The third kappa shape index (κ3) is 4.65. The van der Waals surface area contributed by atoms with Crippen molar-refractivity contribution in [1.82, 2.24) is 4.90 Å². The Morgan fingerprint density at radius 1 is 1.41 bits per heavy atom. The lowest BCUT2D eigenvalue weighted by Crippen LogP contribution is -2.34. The van der Waals surface area contributed by atoms with Crippen molar-refractivity contribution in [3.8, 4) is 0 Å². The van der Waals surface area contributed by atoms with Crippen LogP contribution >= 0.6 is 11.6 Å². The van der Waals surface area contributed by atoms with Crippen molar-refractivity contribution in [3.05, 3.63) is 34.9 Å². The molecule has 0 atom stereocenters. The molecule has 0 bridgehead atoms. The van der Waals surface area contributed by atoms with E-state index in [4.69, 9.17) is 17.3 Å².